The summed E-state index contributed by atoms with van der Waals surface area (Å²) in [5.74, 6) is 1.57. The summed E-state index contributed by atoms with van der Waals surface area (Å²) < 4.78 is 10.5. The summed E-state index contributed by atoms with van der Waals surface area (Å²) in [7, 11) is 2.13. The third-order valence-electron chi connectivity index (χ3n) is 4.18. The van der Waals surface area contributed by atoms with E-state index in [4.69, 9.17) is 15.2 Å². The minimum absolute atomic E-state index is 0.148. The Morgan fingerprint density at radius 2 is 2.00 bits per heavy atom. The van der Waals surface area contributed by atoms with E-state index in [1.165, 1.54) is 0 Å². The van der Waals surface area contributed by atoms with Crippen LogP contribution in [0.3, 0.4) is 0 Å². The van der Waals surface area contributed by atoms with Gasteiger partial charge in [-0.2, -0.15) is 0 Å². The van der Waals surface area contributed by atoms with Gasteiger partial charge in [0.25, 0.3) is 5.91 Å². The zero-order valence-electron chi connectivity index (χ0n) is 12.2. The Labute approximate surface area is 124 Å². The number of piperidine rings is 1. The summed E-state index contributed by atoms with van der Waals surface area (Å²) in [5.41, 5.74) is 6.79. The van der Waals surface area contributed by atoms with Crippen molar-refractivity contribution in [2.75, 3.05) is 39.2 Å². The zero-order chi connectivity index (χ0) is 14.8. The molecule has 3 rings (SSSR count). The minimum Gasteiger partial charge on any atom is -0.454 e. The van der Waals surface area contributed by atoms with E-state index >= 15 is 0 Å². The Kier molecular flexibility index (Phi) is 3.88. The summed E-state index contributed by atoms with van der Waals surface area (Å²) in [4.78, 5) is 14.6. The normalized spacial score (nSPS) is 18.7. The third-order valence-corrected chi connectivity index (χ3v) is 4.18. The minimum atomic E-state index is -0.148. The number of benzene rings is 1. The Bertz CT molecular complexity index is 539. The van der Waals surface area contributed by atoms with Gasteiger partial charge in [-0.25, -0.2) is 0 Å². The van der Waals surface area contributed by atoms with Crippen molar-refractivity contribution in [1.82, 2.24) is 10.2 Å². The Hall–Kier alpha value is -1.95. The molecule has 2 heterocycles. The molecule has 1 saturated heterocycles. The van der Waals surface area contributed by atoms with Crippen molar-refractivity contribution in [2.45, 2.75) is 12.8 Å². The topological polar surface area (TPSA) is 76.8 Å². The fraction of sp³-hybridized carbons (Fsp3) is 0.533. The maximum absolute atomic E-state index is 12.3. The highest BCUT2D eigenvalue weighted by atomic mass is 16.7. The van der Waals surface area contributed by atoms with Crippen LogP contribution in [-0.2, 0) is 0 Å². The molecule has 0 saturated carbocycles. The van der Waals surface area contributed by atoms with Gasteiger partial charge in [-0.1, -0.05) is 0 Å². The van der Waals surface area contributed by atoms with Crippen molar-refractivity contribution in [3.8, 4) is 11.5 Å². The van der Waals surface area contributed by atoms with E-state index < -0.39 is 0 Å². The van der Waals surface area contributed by atoms with Gasteiger partial charge in [0.2, 0.25) is 6.79 Å². The third kappa shape index (κ3) is 3.05. The molecule has 0 atom stereocenters. The van der Waals surface area contributed by atoms with E-state index in [-0.39, 0.29) is 12.7 Å². The molecular formula is C15H21N3O3. The van der Waals surface area contributed by atoms with E-state index in [1.807, 2.05) is 0 Å². The number of nitrogens with two attached hydrogens (primary N) is 1. The zero-order valence-corrected chi connectivity index (χ0v) is 12.2. The molecule has 21 heavy (non-hydrogen) atoms. The fourth-order valence-electron chi connectivity index (χ4n) is 2.75. The second-order valence-electron chi connectivity index (χ2n) is 5.75. The van der Waals surface area contributed by atoms with Gasteiger partial charge in [-0.05, 0) is 45.0 Å². The Balaban J connectivity index is 1.61. The smallest absolute Gasteiger partial charge is 0.253 e. The van der Waals surface area contributed by atoms with Crippen molar-refractivity contribution in [3.63, 3.8) is 0 Å². The van der Waals surface area contributed by atoms with Crippen molar-refractivity contribution < 1.29 is 14.3 Å². The molecule has 1 aromatic carbocycles. The van der Waals surface area contributed by atoms with Crippen LogP contribution in [0, 0.1) is 5.92 Å². The predicted molar refractivity (Wildman–Crippen MR) is 79.5 cm³/mol. The highest BCUT2D eigenvalue weighted by molar-refractivity contribution is 6.00. The lowest BCUT2D eigenvalue weighted by atomic mass is 9.97. The van der Waals surface area contributed by atoms with Crippen LogP contribution in [0.15, 0.2) is 12.1 Å². The average Bonchev–Trinajstić information content (AvgIpc) is 2.92. The lowest BCUT2D eigenvalue weighted by Gasteiger charge is -2.28. The molecule has 114 valence electrons. The van der Waals surface area contributed by atoms with Crippen LogP contribution in [0.25, 0.3) is 0 Å². The largest absolute Gasteiger partial charge is 0.454 e. The van der Waals surface area contributed by atoms with Crippen molar-refractivity contribution in [2.24, 2.45) is 5.92 Å². The molecule has 6 heteroatoms. The maximum atomic E-state index is 12.3. The lowest BCUT2D eigenvalue weighted by Crippen LogP contribution is -2.37. The maximum Gasteiger partial charge on any atom is 0.253 e. The predicted octanol–water partition coefficient (Wildman–Crippen LogP) is 1.07. The number of amides is 1. The quantitative estimate of drug-likeness (QED) is 0.815. The average molecular weight is 291 g/mol. The number of ether oxygens (including phenoxy) is 2. The lowest BCUT2D eigenvalue weighted by molar-refractivity contribution is 0.0939. The number of fused-ring (bicyclic) bond motifs is 1. The van der Waals surface area contributed by atoms with Gasteiger partial charge in [0.05, 0.1) is 5.56 Å². The van der Waals surface area contributed by atoms with Gasteiger partial charge < -0.3 is 25.4 Å². The molecular weight excluding hydrogens is 270 g/mol. The van der Waals surface area contributed by atoms with Crippen LogP contribution < -0.4 is 20.5 Å². The number of carbonyl (C=O) groups excluding carboxylic acids is 1. The van der Waals surface area contributed by atoms with Crippen LogP contribution in [0.2, 0.25) is 0 Å². The van der Waals surface area contributed by atoms with E-state index in [0.717, 1.165) is 25.9 Å². The molecule has 0 radical (unpaired) electrons. The molecule has 1 amide bonds. The molecule has 1 aromatic rings. The molecule has 0 aliphatic carbocycles. The first-order valence-electron chi connectivity index (χ1n) is 7.29. The Morgan fingerprint density at radius 3 is 2.71 bits per heavy atom. The number of anilines is 1. The van der Waals surface area contributed by atoms with Gasteiger partial charge in [0, 0.05) is 18.3 Å². The Morgan fingerprint density at radius 1 is 1.33 bits per heavy atom. The van der Waals surface area contributed by atoms with Crippen molar-refractivity contribution in [1.29, 1.82) is 0 Å². The van der Waals surface area contributed by atoms with E-state index in [2.05, 4.69) is 17.3 Å². The molecule has 0 spiro atoms. The number of likely N-dealkylation sites (tertiary alicyclic amines) is 1. The molecule has 2 aliphatic rings. The van der Waals surface area contributed by atoms with E-state index in [0.29, 0.717) is 35.2 Å². The number of carbonyl (C=O) groups is 1. The van der Waals surface area contributed by atoms with Gasteiger partial charge >= 0.3 is 0 Å². The second-order valence-corrected chi connectivity index (χ2v) is 5.75. The van der Waals surface area contributed by atoms with Gasteiger partial charge in [0.1, 0.15) is 0 Å². The van der Waals surface area contributed by atoms with Crippen LogP contribution in [0.1, 0.15) is 23.2 Å². The monoisotopic (exact) mass is 291 g/mol. The first-order valence-corrected chi connectivity index (χ1v) is 7.29. The van der Waals surface area contributed by atoms with Gasteiger partial charge in [-0.3, -0.25) is 4.79 Å². The first-order chi connectivity index (χ1) is 10.1. The number of hydrogen-bond donors (Lipinski definition) is 2. The molecule has 0 aromatic heterocycles. The highest BCUT2D eigenvalue weighted by Gasteiger charge is 2.21. The fourth-order valence-corrected chi connectivity index (χ4v) is 2.75. The van der Waals surface area contributed by atoms with Crippen molar-refractivity contribution >= 4 is 11.6 Å². The first kappa shape index (κ1) is 14.0. The molecule has 0 unspecified atom stereocenters. The van der Waals surface area contributed by atoms with Crippen LogP contribution in [0.5, 0.6) is 11.5 Å². The molecule has 2 aliphatic heterocycles. The number of nitrogens with one attached hydrogen (secondary N) is 1. The van der Waals surface area contributed by atoms with Crippen LogP contribution in [-0.4, -0.2) is 44.3 Å². The second kappa shape index (κ2) is 5.81. The summed E-state index contributed by atoms with van der Waals surface area (Å²) in [6.45, 7) is 3.05. The highest BCUT2D eigenvalue weighted by Crippen LogP contribution is 2.35. The van der Waals surface area contributed by atoms with Crippen LogP contribution in [0.4, 0.5) is 5.69 Å². The van der Waals surface area contributed by atoms with Crippen molar-refractivity contribution in [3.05, 3.63) is 17.7 Å². The number of hydrogen-bond acceptors (Lipinski definition) is 5. The number of nitrogen functional groups attached to an aromatic ring is 1. The summed E-state index contributed by atoms with van der Waals surface area (Å²) in [5, 5.41) is 2.98. The SMILES string of the molecule is CN1CCC(CNC(=O)c2cc3c(cc2N)OCO3)CC1. The van der Waals surface area contributed by atoms with Crippen LogP contribution >= 0.6 is 0 Å². The van der Waals surface area contributed by atoms with Gasteiger partial charge in [-0.15, -0.1) is 0 Å². The number of rotatable bonds is 3. The standard InChI is InChI=1S/C15H21N3O3/c1-18-4-2-10(3-5-18)8-17-15(19)11-6-13-14(7-12(11)16)21-9-20-13/h6-7,10H,2-5,8-9,16H2,1H3,(H,17,19). The molecule has 1 fully saturated rings. The molecule has 3 N–H and O–H groups in total. The van der Waals surface area contributed by atoms with Gasteiger partial charge in [0.15, 0.2) is 11.5 Å². The summed E-state index contributed by atoms with van der Waals surface area (Å²) in [6.07, 6.45) is 2.24. The number of nitrogens with zero attached hydrogens (tertiary/aromatic N) is 1. The molecule has 6 nitrogen and oxygen atoms in total. The van der Waals surface area contributed by atoms with E-state index in [9.17, 15) is 4.79 Å². The van der Waals surface area contributed by atoms with E-state index in [1.54, 1.807) is 12.1 Å². The summed E-state index contributed by atoms with van der Waals surface area (Å²) in [6, 6.07) is 3.30. The summed E-state index contributed by atoms with van der Waals surface area (Å²) >= 11 is 0. The molecule has 0 bridgehead atoms.